The molecular weight excluding hydrogens is 254 g/mol. The van der Waals surface area contributed by atoms with Crippen LogP contribution in [0.4, 0.5) is 0 Å². The molecule has 1 aliphatic carbocycles. The Morgan fingerprint density at radius 2 is 2.16 bits per heavy atom. The van der Waals surface area contributed by atoms with E-state index in [2.05, 4.69) is 30.1 Å². The first-order valence-electron chi connectivity index (χ1n) is 6.84. The van der Waals surface area contributed by atoms with Crippen LogP contribution in [0.15, 0.2) is 24.3 Å². The third-order valence-electron chi connectivity index (χ3n) is 3.79. The summed E-state index contributed by atoms with van der Waals surface area (Å²) in [5.41, 5.74) is 3.48. The van der Waals surface area contributed by atoms with Gasteiger partial charge in [-0.15, -0.1) is 11.3 Å². The Balaban J connectivity index is 1.75. The second-order valence-corrected chi connectivity index (χ2v) is 6.70. The predicted octanol–water partition coefficient (Wildman–Crippen LogP) is 3.91. The third-order valence-corrected chi connectivity index (χ3v) is 4.88. The molecule has 1 aromatic carbocycles. The monoisotopic (exact) mass is 273 g/mol. The molecule has 1 aliphatic rings. The Labute approximate surface area is 118 Å². The van der Waals surface area contributed by atoms with Crippen LogP contribution in [0.25, 0.3) is 0 Å². The number of benzene rings is 1. The fourth-order valence-corrected chi connectivity index (χ4v) is 3.32. The molecule has 19 heavy (non-hydrogen) atoms. The van der Waals surface area contributed by atoms with Crippen LogP contribution in [0.2, 0.25) is 0 Å². The van der Waals surface area contributed by atoms with Crippen molar-refractivity contribution in [3.8, 4) is 0 Å². The van der Waals surface area contributed by atoms with Gasteiger partial charge in [0.1, 0.15) is 0 Å². The first-order chi connectivity index (χ1) is 9.13. The molecule has 0 saturated heterocycles. The van der Waals surface area contributed by atoms with Crippen LogP contribution in [-0.2, 0) is 6.42 Å². The van der Waals surface area contributed by atoms with E-state index in [1.807, 2.05) is 13.0 Å². The van der Waals surface area contributed by atoms with Gasteiger partial charge in [0.2, 0.25) is 0 Å². The van der Waals surface area contributed by atoms with Gasteiger partial charge in [-0.05, 0) is 43.7 Å². The minimum atomic E-state index is -0.441. The Kier molecular flexibility index (Phi) is 3.42. The molecule has 100 valence electrons. The molecule has 0 radical (unpaired) electrons. The van der Waals surface area contributed by atoms with E-state index < -0.39 is 6.10 Å². The topological polar surface area (TPSA) is 33.1 Å². The zero-order valence-corrected chi connectivity index (χ0v) is 12.2. The quantitative estimate of drug-likeness (QED) is 0.916. The van der Waals surface area contributed by atoms with Gasteiger partial charge in [0.15, 0.2) is 0 Å². The standard InChI is InChI=1S/C16H19NOS/c1-10-11(2)19-16(17-10)9-15(18)14-5-3-4-13(8-14)12-6-7-12/h3-5,8,12,15,18H,6-7,9H2,1-2H3. The second kappa shape index (κ2) is 5.06. The maximum absolute atomic E-state index is 10.4. The molecule has 2 aromatic rings. The van der Waals surface area contributed by atoms with Gasteiger partial charge in [0.05, 0.1) is 16.8 Å². The summed E-state index contributed by atoms with van der Waals surface area (Å²) in [6.45, 7) is 4.10. The molecule has 1 N–H and O–H groups in total. The van der Waals surface area contributed by atoms with Crippen LogP contribution in [-0.4, -0.2) is 10.1 Å². The molecule has 0 aliphatic heterocycles. The van der Waals surface area contributed by atoms with E-state index in [4.69, 9.17) is 0 Å². The van der Waals surface area contributed by atoms with Crippen molar-refractivity contribution in [2.24, 2.45) is 0 Å². The van der Waals surface area contributed by atoms with Crippen molar-refractivity contribution in [1.82, 2.24) is 4.98 Å². The molecule has 1 saturated carbocycles. The van der Waals surface area contributed by atoms with Crippen molar-refractivity contribution in [3.63, 3.8) is 0 Å². The first-order valence-corrected chi connectivity index (χ1v) is 7.66. The van der Waals surface area contributed by atoms with Crippen molar-refractivity contribution >= 4 is 11.3 Å². The summed E-state index contributed by atoms with van der Waals surface area (Å²) in [5.74, 6) is 0.733. The van der Waals surface area contributed by atoms with Crippen LogP contribution in [0.3, 0.4) is 0 Å². The highest BCUT2D eigenvalue weighted by atomic mass is 32.1. The van der Waals surface area contributed by atoms with Crippen LogP contribution < -0.4 is 0 Å². The maximum atomic E-state index is 10.4. The van der Waals surface area contributed by atoms with Gasteiger partial charge in [-0.3, -0.25) is 0 Å². The normalized spacial score (nSPS) is 16.6. The highest BCUT2D eigenvalue weighted by Gasteiger charge is 2.24. The summed E-state index contributed by atoms with van der Waals surface area (Å²) in [6.07, 6.45) is 2.77. The SMILES string of the molecule is Cc1nc(CC(O)c2cccc(C3CC3)c2)sc1C. The average Bonchev–Trinajstić information content (AvgIpc) is 3.18. The smallest absolute Gasteiger partial charge is 0.0960 e. The predicted molar refractivity (Wildman–Crippen MR) is 78.7 cm³/mol. The number of nitrogens with zero attached hydrogens (tertiary/aromatic N) is 1. The van der Waals surface area contributed by atoms with Crippen molar-refractivity contribution in [3.05, 3.63) is 51.0 Å². The highest BCUT2D eigenvalue weighted by Crippen LogP contribution is 2.40. The van der Waals surface area contributed by atoms with Gasteiger partial charge in [-0.2, -0.15) is 0 Å². The summed E-state index contributed by atoms with van der Waals surface area (Å²) >= 11 is 1.69. The summed E-state index contributed by atoms with van der Waals surface area (Å²) in [7, 11) is 0. The molecule has 0 spiro atoms. The van der Waals surface area contributed by atoms with Crippen LogP contribution in [0.1, 0.15) is 51.6 Å². The van der Waals surface area contributed by atoms with Crippen LogP contribution in [0, 0.1) is 13.8 Å². The van der Waals surface area contributed by atoms with Gasteiger partial charge < -0.3 is 5.11 Å². The molecule has 1 fully saturated rings. The van der Waals surface area contributed by atoms with E-state index in [-0.39, 0.29) is 0 Å². The maximum Gasteiger partial charge on any atom is 0.0960 e. The third kappa shape index (κ3) is 2.88. The minimum absolute atomic E-state index is 0.441. The molecule has 1 heterocycles. The molecule has 0 bridgehead atoms. The number of thiazole rings is 1. The number of aryl methyl sites for hydroxylation is 2. The van der Waals surface area contributed by atoms with E-state index >= 15 is 0 Å². The Hall–Kier alpha value is -1.19. The van der Waals surface area contributed by atoms with Gasteiger partial charge in [0, 0.05) is 11.3 Å². The molecule has 2 nitrogen and oxygen atoms in total. The molecular formula is C16H19NOS. The van der Waals surface area contributed by atoms with Crippen molar-refractivity contribution in [2.75, 3.05) is 0 Å². The molecule has 3 heteroatoms. The van der Waals surface area contributed by atoms with E-state index in [9.17, 15) is 5.11 Å². The van der Waals surface area contributed by atoms with Crippen molar-refractivity contribution in [2.45, 2.75) is 45.1 Å². The number of aromatic nitrogens is 1. The van der Waals surface area contributed by atoms with Crippen molar-refractivity contribution < 1.29 is 5.11 Å². The van der Waals surface area contributed by atoms with Crippen LogP contribution >= 0.6 is 11.3 Å². The lowest BCUT2D eigenvalue weighted by molar-refractivity contribution is 0.178. The van der Waals surface area contributed by atoms with Gasteiger partial charge >= 0.3 is 0 Å². The minimum Gasteiger partial charge on any atom is -0.388 e. The Morgan fingerprint density at radius 1 is 1.37 bits per heavy atom. The summed E-state index contributed by atoms with van der Waals surface area (Å²) in [4.78, 5) is 5.75. The zero-order valence-electron chi connectivity index (χ0n) is 11.4. The molecule has 0 amide bonds. The molecule has 3 rings (SSSR count). The fraction of sp³-hybridized carbons (Fsp3) is 0.438. The number of hydrogen-bond donors (Lipinski definition) is 1. The molecule has 1 unspecified atom stereocenters. The number of aliphatic hydroxyl groups excluding tert-OH is 1. The molecule has 1 aromatic heterocycles. The summed E-state index contributed by atoms with van der Waals surface area (Å²) in [6, 6.07) is 8.41. The Morgan fingerprint density at radius 3 is 2.79 bits per heavy atom. The van der Waals surface area contributed by atoms with Crippen molar-refractivity contribution in [1.29, 1.82) is 0 Å². The largest absolute Gasteiger partial charge is 0.388 e. The summed E-state index contributed by atoms with van der Waals surface area (Å²) < 4.78 is 0. The zero-order chi connectivity index (χ0) is 13.4. The number of aliphatic hydroxyl groups is 1. The van der Waals surface area contributed by atoms with E-state index in [1.54, 1.807) is 11.3 Å². The van der Waals surface area contributed by atoms with Gasteiger partial charge in [-0.25, -0.2) is 4.98 Å². The lowest BCUT2D eigenvalue weighted by Gasteiger charge is -2.10. The number of rotatable bonds is 4. The lowest BCUT2D eigenvalue weighted by Crippen LogP contribution is -2.02. The fourth-order valence-electron chi connectivity index (χ4n) is 2.35. The van der Waals surface area contributed by atoms with Gasteiger partial charge in [-0.1, -0.05) is 24.3 Å². The highest BCUT2D eigenvalue weighted by molar-refractivity contribution is 7.11. The average molecular weight is 273 g/mol. The van der Waals surface area contributed by atoms with Crippen LogP contribution in [0.5, 0.6) is 0 Å². The first kappa shape index (κ1) is 12.8. The summed E-state index contributed by atoms with van der Waals surface area (Å²) in [5, 5.41) is 11.4. The molecule has 1 atom stereocenters. The Bertz CT molecular complexity index is 567. The van der Waals surface area contributed by atoms with E-state index in [0.29, 0.717) is 6.42 Å². The second-order valence-electron chi connectivity index (χ2n) is 5.41. The van der Waals surface area contributed by atoms with Gasteiger partial charge in [0.25, 0.3) is 0 Å². The van der Waals surface area contributed by atoms with E-state index in [1.165, 1.54) is 23.3 Å². The van der Waals surface area contributed by atoms with E-state index in [0.717, 1.165) is 22.2 Å². The lowest BCUT2D eigenvalue weighted by atomic mass is 10.0. The number of hydrogen-bond acceptors (Lipinski definition) is 3.